The van der Waals surface area contributed by atoms with Crippen LogP contribution in [-0.2, 0) is 20.8 Å². The van der Waals surface area contributed by atoms with Gasteiger partial charge in [0.15, 0.2) is 0 Å². The zero-order chi connectivity index (χ0) is 20.1. The van der Waals surface area contributed by atoms with Crippen molar-refractivity contribution < 1.29 is 29.7 Å². The van der Waals surface area contributed by atoms with Crippen molar-refractivity contribution in [3.63, 3.8) is 0 Å². The Hall–Kier alpha value is -2.49. The molecule has 9 heteroatoms. The Labute approximate surface area is 152 Å². The van der Waals surface area contributed by atoms with Gasteiger partial charge in [-0.1, -0.05) is 30.3 Å². The highest BCUT2D eigenvalue weighted by molar-refractivity contribution is 5.74. The lowest BCUT2D eigenvalue weighted by atomic mass is 10.1. The molecule has 2 rings (SSSR count). The molecule has 1 saturated heterocycles. The van der Waals surface area contributed by atoms with Gasteiger partial charge in [0, 0.05) is 0 Å². The number of hydrogen-bond donors (Lipinski definition) is 6. The minimum atomic E-state index is -0.963. The van der Waals surface area contributed by atoms with Gasteiger partial charge in [-0.15, -0.1) is 0 Å². The van der Waals surface area contributed by atoms with Gasteiger partial charge in [0.2, 0.25) is 0 Å². The molecule has 1 aromatic rings. The number of carbonyl (C=O) groups is 3. The average Bonchev–Trinajstić information content (AvgIpc) is 3.11. The van der Waals surface area contributed by atoms with E-state index >= 15 is 0 Å². The van der Waals surface area contributed by atoms with Crippen molar-refractivity contribution in [3.8, 4) is 0 Å². The Balaban J connectivity index is 0.000000388. The molecule has 0 radical (unpaired) electrons. The van der Waals surface area contributed by atoms with Crippen LogP contribution in [0.15, 0.2) is 30.3 Å². The Morgan fingerprint density at radius 3 is 1.96 bits per heavy atom. The summed E-state index contributed by atoms with van der Waals surface area (Å²) in [7, 11) is 0. The van der Waals surface area contributed by atoms with Crippen molar-refractivity contribution in [3.05, 3.63) is 35.9 Å². The van der Waals surface area contributed by atoms with Gasteiger partial charge in [0.05, 0.1) is 0 Å². The minimum Gasteiger partial charge on any atom is -0.480 e. The number of carboxylic acids is 3. The van der Waals surface area contributed by atoms with E-state index in [4.69, 9.17) is 26.8 Å². The molecule has 0 bridgehead atoms. The lowest BCUT2D eigenvalue weighted by Crippen LogP contribution is -2.32. The monoisotopic (exact) mass is 369 g/mol. The highest BCUT2D eigenvalue weighted by Gasteiger charge is 2.20. The fourth-order valence-corrected chi connectivity index (χ4v) is 1.85. The van der Waals surface area contributed by atoms with Gasteiger partial charge in [-0.2, -0.15) is 0 Å². The van der Waals surface area contributed by atoms with Crippen LogP contribution in [0.4, 0.5) is 0 Å². The third-order valence-corrected chi connectivity index (χ3v) is 3.36. The second kappa shape index (κ2) is 12.8. The second-order valence-corrected chi connectivity index (χ2v) is 5.75. The summed E-state index contributed by atoms with van der Waals surface area (Å²) in [5, 5.41) is 27.6. The molecule has 0 amide bonds. The van der Waals surface area contributed by atoms with Crippen LogP contribution in [-0.4, -0.2) is 57.9 Å². The molecule has 0 aromatic heterocycles. The quantitative estimate of drug-likeness (QED) is 0.413. The van der Waals surface area contributed by atoms with E-state index in [0.717, 1.165) is 24.9 Å². The molecule has 9 nitrogen and oxygen atoms in total. The SMILES string of the molecule is CC(N)C(=O)O.NC(Cc1ccccc1)C(=O)O.O=C(O)C1CCCN1. The van der Waals surface area contributed by atoms with Gasteiger partial charge in [-0.3, -0.25) is 14.4 Å². The minimum absolute atomic E-state index is 0.269. The van der Waals surface area contributed by atoms with Gasteiger partial charge >= 0.3 is 17.9 Å². The van der Waals surface area contributed by atoms with Crippen molar-refractivity contribution >= 4 is 17.9 Å². The summed E-state index contributed by atoms with van der Waals surface area (Å²) in [6.45, 7) is 2.28. The molecule has 146 valence electrons. The summed E-state index contributed by atoms with van der Waals surface area (Å²) in [5.41, 5.74) is 11.1. The summed E-state index contributed by atoms with van der Waals surface area (Å²) in [6, 6.07) is 7.54. The molecule has 0 saturated carbocycles. The van der Waals surface area contributed by atoms with Gasteiger partial charge < -0.3 is 32.1 Å². The van der Waals surface area contributed by atoms with E-state index in [2.05, 4.69) is 5.32 Å². The first kappa shape index (κ1) is 23.5. The standard InChI is InChI=1S/C9H11NO2.C5H9NO2.C3H7NO2/c10-8(9(11)12)6-7-4-2-1-3-5-7;7-5(8)4-2-1-3-6-4;1-2(4)3(5)6/h1-5,8H,6,10H2,(H,11,12);4,6H,1-3H2,(H,7,8);2H,4H2,1H3,(H,5,6). The fourth-order valence-electron chi connectivity index (χ4n) is 1.85. The van der Waals surface area contributed by atoms with E-state index in [9.17, 15) is 14.4 Å². The average molecular weight is 369 g/mol. The second-order valence-electron chi connectivity index (χ2n) is 5.75. The first-order chi connectivity index (χ1) is 12.1. The van der Waals surface area contributed by atoms with Crippen molar-refractivity contribution in [1.82, 2.24) is 5.32 Å². The molecule has 0 aliphatic carbocycles. The topological polar surface area (TPSA) is 176 Å². The van der Waals surface area contributed by atoms with E-state index in [1.54, 1.807) is 0 Å². The molecule has 8 N–H and O–H groups in total. The molecule has 1 aliphatic heterocycles. The van der Waals surface area contributed by atoms with Crippen LogP contribution in [0.5, 0.6) is 0 Å². The normalized spacial score (nSPS) is 17.6. The molecule has 3 atom stereocenters. The van der Waals surface area contributed by atoms with E-state index in [1.165, 1.54) is 6.92 Å². The maximum Gasteiger partial charge on any atom is 0.320 e. The largest absolute Gasteiger partial charge is 0.480 e. The van der Waals surface area contributed by atoms with Gasteiger partial charge in [0.1, 0.15) is 18.1 Å². The lowest BCUT2D eigenvalue weighted by molar-refractivity contribution is -0.139. The predicted octanol–water partition coefficient (Wildman–Crippen LogP) is -0.118. The Kier molecular flexibility index (Phi) is 11.6. The number of nitrogens with one attached hydrogen (secondary N) is 1. The van der Waals surface area contributed by atoms with Crippen LogP contribution >= 0.6 is 0 Å². The highest BCUT2D eigenvalue weighted by atomic mass is 16.4. The zero-order valence-corrected chi connectivity index (χ0v) is 14.7. The molecule has 0 spiro atoms. The maximum absolute atomic E-state index is 10.4. The van der Waals surface area contributed by atoms with Crippen molar-refractivity contribution in [2.45, 2.75) is 44.3 Å². The summed E-state index contributed by atoms with van der Waals surface area (Å²) < 4.78 is 0. The number of rotatable bonds is 5. The summed E-state index contributed by atoms with van der Waals surface area (Å²) in [6.07, 6.45) is 2.17. The summed E-state index contributed by atoms with van der Waals surface area (Å²) in [4.78, 5) is 30.1. The Morgan fingerprint density at radius 2 is 1.65 bits per heavy atom. The first-order valence-corrected chi connectivity index (χ1v) is 8.12. The van der Waals surface area contributed by atoms with Crippen LogP contribution < -0.4 is 16.8 Å². The number of carboxylic acid groups (broad SMARTS) is 3. The third kappa shape index (κ3) is 11.1. The molecular weight excluding hydrogens is 342 g/mol. The molecular formula is C17H27N3O6. The molecule has 1 fully saturated rings. The van der Waals surface area contributed by atoms with Crippen LogP contribution in [0.25, 0.3) is 0 Å². The number of benzene rings is 1. The number of hydrogen-bond acceptors (Lipinski definition) is 6. The van der Waals surface area contributed by atoms with Gasteiger partial charge in [0.25, 0.3) is 0 Å². The van der Waals surface area contributed by atoms with E-state index in [-0.39, 0.29) is 6.04 Å². The number of nitrogens with two attached hydrogens (primary N) is 2. The lowest BCUT2D eigenvalue weighted by Gasteiger charge is -2.04. The third-order valence-electron chi connectivity index (χ3n) is 3.36. The van der Waals surface area contributed by atoms with E-state index < -0.39 is 30.0 Å². The van der Waals surface area contributed by atoms with Crippen molar-refractivity contribution in [2.75, 3.05) is 6.54 Å². The Bertz CT molecular complexity index is 559. The predicted molar refractivity (Wildman–Crippen MR) is 95.7 cm³/mol. The maximum atomic E-state index is 10.4. The van der Waals surface area contributed by atoms with Crippen LogP contribution in [0, 0.1) is 0 Å². The zero-order valence-electron chi connectivity index (χ0n) is 14.7. The molecule has 1 heterocycles. The number of aliphatic carboxylic acids is 3. The smallest absolute Gasteiger partial charge is 0.320 e. The fraction of sp³-hybridized carbons (Fsp3) is 0.471. The van der Waals surface area contributed by atoms with Crippen LogP contribution in [0.2, 0.25) is 0 Å². The summed E-state index contributed by atoms with van der Waals surface area (Å²) in [5.74, 6) is -2.64. The van der Waals surface area contributed by atoms with Crippen molar-refractivity contribution in [1.29, 1.82) is 0 Å². The molecule has 3 unspecified atom stereocenters. The first-order valence-electron chi connectivity index (χ1n) is 8.12. The van der Waals surface area contributed by atoms with Crippen LogP contribution in [0.1, 0.15) is 25.3 Å². The van der Waals surface area contributed by atoms with Crippen molar-refractivity contribution in [2.24, 2.45) is 11.5 Å². The molecule has 26 heavy (non-hydrogen) atoms. The molecule has 1 aromatic carbocycles. The Morgan fingerprint density at radius 1 is 1.12 bits per heavy atom. The van der Waals surface area contributed by atoms with Gasteiger partial charge in [-0.25, -0.2) is 0 Å². The molecule has 1 aliphatic rings. The van der Waals surface area contributed by atoms with Crippen LogP contribution in [0.3, 0.4) is 0 Å². The van der Waals surface area contributed by atoms with E-state index in [0.29, 0.717) is 6.42 Å². The van der Waals surface area contributed by atoms with E-state index in [1.807, 2.05) is 30.3 Å². The highest BCUT2D eigenvalue weighted by Crippen LogP contribution is 2.03. The summed E-state index contributed by atoms with van der Waals surface area (Å²) >= 11 is 0. The van der Waals surface area contributed by atoms with Gasteiger partial charge in [-0.05, 0) is 38.3 Å².